The summed E-state index contributed by atoms with van der Waals surface area (Å²) in [5.74, 6) is 0. The summed E-state index contributed by atoms with van der Waals surface area (Å²) in [6.07, 6.45) is 3.64. The average Bonchev–Trinajstić information content (AvgIpc) is 2.79. The molecule has 0 saturated heterocycles. The SMILES string of the molecule is NS(=O)(=O)c1ccc(Cl)c(NCc2cc[nH]c2)c1. The largest absolute Gasteiger partial charge is 0.380 e. The highest BCUT2D eigenvalue weighted by Crippen LogP contribution is 2.25. The molecule has 0 fully saturated rings. The van der Waals surface area contributed by atoms with E-state index < -0.39 is 10.0 Å². The van der Waals surface area contributed by atoms with Crippen molar-refractivity contribution < 1.29 is 8.42 Å². The maximum Gasteiger partial charge on any atom is 0.238 e. The van der Waals surface area contributed by atoms with Gasteiger partial charge in [0.05, 0.1) is 15.6 Å². The van der Waals surface area contributed by atoms with E-state index in [4.69, 9.17) is 16.7 Å². The Morgan fingerprint density at radius 1 is 1.33 bits per heavy atom. The van der Waals surface area contributed by atoms with Crippen LogP contribution in [-0.2, 0) is 16.6 Å². The van der Waals surface area contributed by atoms with Gasteiger partial charge in [-0.25, -0.2) is 13.6 Å². The zero-order valence-electron chi connectivity index (χ0n) is 9.35. The highest BCUT2D eigenvalue weighted by molar-refractivity contribution is 7.89. The number of primary sulfonamides is 1. The predicted octanol–water partition coefficient (Wildman–Crippen LogP) is 1.93. The number of nitrogens with one attached hydrogen (secondary N) is 2. The third-order valence-electron chi connectivity index (χ3n) is 2.41. The number of sulfonamides is 1. The quantitative estimate of drug-likeness (QED) is 0.802. The molecule has 0 aliphatic carbocycles. The normalized spacial score (nSPS) is 11.4. The summed E-state index contributed by atoms with van der Waals surface area (Å²) in [4.78, 5) is 2.96. The fourth-order valence-electron chi connectivity index (χ4n) is 1.48. The molecular formula is C11H12ClN3O2S. The molecule has 0 spiro atoms. The van der Waals surface area contributed by atoms with Crippen LogP contribution in [0.3, 0.4) is 0 Å². The van der Waals surface area contributed by atoms with Crippen molar-refractivity contribution >= 4 is 27.3 Å². The van der Waals surface area contributed by atoms with Gasteiger partial charge in [0.1, 0.15) is 0 Å². The lowest BCUT2D eigenvalue weighted by molar-refractivity contribution is 0.598. The van der Waals surface area contributed by atoms with Gasteiger partial charge in [-0.1, -0.05) is 11.6 Å². The number of aromatic nitrogens is 1. The van der Waals surface area contributed by atoms with Crippen LogP contribution in [0.2, 0.25) is 5.02 Å². The Morgan fingerprint density at radius 3 is 2.72 bits per heavy atom. The summed E-state index contributed by atoms with van der Waals surface area (Å²) in [5.41, 5.74) is 1.57. The van der Waals surface area contributed by atoms with E-state index >= 15 is 0 Å². The lowest BCUT2D eigenvalue weighted by Crippen LogP contribution is -2.12. The lowest BCUT2D eigenvalue weighted by atomic mass is 10.3. The van der Waals surface area contributed by atoms with Crippen LogP contribution in [0.4, 0.5) is 5.69 Å². The highest BCUT2D eigenvalue weighted by Gasteiger charge is 2.10. The number of benzene rings is 1. The summed E-state index contributed by atoms with van der Waals surface area (Å²) in [5, 5.41) is 8.56. The first-order valence-corrected chi connectivity index (χ1v) is 7.07. The van der Waals surface area contributed by atoms with Crippen LogP contribution < -0.4 is 10.5 Å². The van der Waals surface area contributed by atoms with Crippen molar-refractivity contribution in [1.29, 1.82) is 0 Å². The van der Waals surface area contributed by atoms with E-state index in [1.807, 2.05) is 12.3 Å². The fourth-order valence-corrected chi connectivity index (χ4v) is 2.21. The number of nitrogens with two attached hydrogens (primary N) is 1. The number of hydrogen-bond donors (Lipinski definition) is 3. The number of H-pyrrole nitrogens is 1. The molecule has 0 amide bonds. The zero-order valence-corrected chi connectivity index (χ0v) is 10.9. The number of anilines is 1. The van der Waals surface area contributed by atoms with Crippen LogP contribution in [0.5, 0.6) is 0 Å². The first-order chi connectivity index (χ1) is 8.47. The van der Waals surface area contributed by atoms with Gasteiger partial charge < -0.3 is 10.3 Å². The second-order valence-corrected chi connectivity index (χ2v) is 5.73. The molecule has 0 aliphatic rings. The molecule has 5 nitrogen and oxygen atoms in total. The summed E-state index contributed by atoms with van der Waals surface area (Å²) < 4.78 is 22.5. The second kappa shape index (κ2) is 5.01. The number of hydrogen-bond acceptors (Lipinski definition) is 3. The van der Waals surface area contributed by atoms with Gasteiger partial charge in [-0.2, -0.15) is 0 Å². The van der Waals surface area contributed by atoms with Crippen molar-refractivity contribution in [3.05, 3.63) is 47.2 Å². The highest BCUT2D eigenvalue weighted by atomic mass is 35.5. The lowest BCUT2D eigenvalue weighted by Gasteiger charge is -2.09. The smallest absolute Gasteiger partial charge is 0.238 e. The third-order valence-corrected chi connectivity index (χ3v) is 3.65. The first kappa shape index (κ1) is 12.9. The molecule has 2 rings (SSSR count). The van der Waals surface area contributed by atoms with E-state index in [0.29, 0.717) is 17.3 Å². The van der Waals surface area contributed by atoms with Crippen molar-refractivity contribution in [3.63, 3.8) is 0 Å². The molecule has 1 heterocycles. The van der Waals surface area contributed by atoms with E-state index in [0.717, 1.165) is 5.56 Å². The minimum atomic E-state index is -3.72. The van der Waals surface area contributed by atoms with Crippen LogP contribution in [-0.4, -0.2) is 13.4 Å². The molecule has 0 aliphatic heterocycles. The van der Waals surface area contributed by atoms with Gasteiger partial charge in [-0.05, 0) is 29.8 Å². The standard InChI is InChI=1S/C11H12ClN3O2S/c12-10-2-1-9(18(13,16)17)5-11(10)15-7-8-3-4-14-6-8/h1-6,14-15H,7H2,(H2,13,16,17). The minimum absolute atomic E-state index is 0.0310. The fraction of sp³-hybridized carbons (Fsp3) is 0.0909. The summed E-state index contributed by atoms with van der Waals surface area (Å²) in [7, 11) is -3.72. The molecule has 1 aromatic heterocycles. The molecule has 0 unspecified atom stereocenters. The minimum Gasteiger partial charge on any atom is -0.380 e. The van der Waals surface area contributed by atoms with E-state index in [2.05, 4.69) is 10.3 Å². The number of rotatable bonds is 4. The van der Waals surface area contributed by atoms with Crippen molar-refractivity contribution in [3.8, 4) is 0 Å². The van der Waals surface area contributed by atoms with Crippen molar-refractivity contribution in [2.24, 2.45) is 5.14 Å². The topological polar surface area (TPSA) is 88.0 Å². The average molecular weight is 286 g/mol. The Hall–Kier alpha value is -1.50. The Bertz CT molecular complexity index is 638. The van der Waals surface area contributed by atoms with Gasteiger partial charge in [-0.15, -0.1) is 0 Å². The van der Waals surface area contributed by atoms with Gasteiger partial charge >= 0.3 is 0 Å². The molecule has 0 bridgehead atoms. The van der Waals surface area contributed by atoms with Crippen molar-refractivity contribution in [1.82, 2.24) is 4.98 Å². The van der Waals surface area contributed by atoms with Gasteiger partial charge in [0.2, 0.25) is 10.0 Å². The van der Waals surface area contributed by atoms with Crippen LogP contribution in [0, 0.1) is 0 Å². The Balaban J connectivity index is 2.22. The van der Waals surface area contributed by atoms with E-state index in [1.54, 1.807) is 6.20 Å². The maximum atomic E-state index is 11.2. The molecule has 1 aromatic carbocycles. The van der Waals surface area contributed by atoms with Gasteiger partial charge in [-0.3, -0.25) is 0 Å². The second-order valence-electron chi connectivity index (χ2n) is 3.76. The molecule has 4 N–H and O–H groups in total. The molecule has 18 heavy (non-hydrogen) atoms. The van der Waals surface area contributed by atoms with E-state index in [9.17, 15) is 8.42 Å². The van der Waals surface area contributed by atoms with E-state index in [1.165, 1.54) is 18.2 Å². The number of halogens is 1. The first-order valence-electron chi connectivity index (χ1n) is 5.15. The molecule has 0 atom stereocenters. The monoisotopic (exact) mass is 285 g/mol. The van der Waals surface area contributed by atoms with E-state index in [-0.39, 0.29) is 4.90 Å². The molecular weight excluding hydrogens is 274 g/mol. The Morgan fingerprint density at radius 2 is 2.11 bits per heavy atom. The van der Waals surface area contributed by atoms with Crippen molar-refractivity contribution in [2.45, 2.75) is 11.4 Å². The predicted molar refractivity (Wildman–Crippen MR) is 70.9 cm³/mol. The maximum absolute atomic E-state index is 11.2. The van der Waals surface area contributed by atoms with Gasteiger partial charge in [0, 0.05) is 18.9 Å². The Labute approximate surface area is 110 Å². The Kier molecular flexibility index (Phi) is 3.60. The van der Waals surface area contributed by atoms with Crippen LogP contribution in [0.15, 0.2) is 41.6 Å². The van der Waals surface area contributed by atoms with Crippen LogP contribution in [0.25, 0.3) is 0 Å². The van der Waals surface area contributed by atoms with Crippen LogP contribution >= 0.6 is 11.6 Å². The molecule has 7 heteroatoms. The number of aromatic amines is 1. The zero-order chi connectivity index (χ0) is 13.2. The van der Waals surface area contributed by atoms with Crippen molar-refractivity contribution in [2.75, 3.05) is 5.32 Å². The van der Waals surface area contributed by atoms with Gasteiger partial charge in [0.25, 0.3) is 0 Å². The summed E-state index contributed by atoms with van der Waals surface area (Å²) in [6, 6.07) is 6.20. The molecule has 96 valence electrons. The molecule has 0 saturated carbocycles. The van der Waals surface area contributed by atoms with Gasteiger partial charge in [0.15, 0.2) is 0 Å². The third kappa shape index (κ3) is 3.04. The molecule has 2 aromatic rings. The molecule has 0 radical (unpaired) electrons. The summed E-state index contributed by atoms with van der Waals surface area (Å²) >= 11 is 5.98. The van der Waals surface area contributed by atoms with Crippen LogP contribution in [0.1, 0.15) is 5.56 Å². The summed E-state index contributed by atoms with van der Waals surface area (Å²) in [6.45, 7) is 0.539.